The van der Waals surface area contributed by atoms with Gasteiger partial charge in [0.2, 0.25) is 5.91 Å². The quantitative estimate of drug-likeness (QED) is 0.577. The van der Waals surface area contributed by atoms with Gasteiger partial charge in [-0.15, -0.1) is 0 Å². The third kappa shape index (κ3) is 3.73. The van der Waals surface area contributed by atoms with Crippen molar-refractivity contribution in [2.75, 3.05) is 5.32 Å². The lowest BCUT2D eigenvalue weighted by atomic mass is 10.1. The van der Waals surface area contributed by atoms with Gasteiger partial charge < -0.3 is 15.6 Å². The van der Waals surface area contributed by atoms with Crippen LogP contribution in [0, 0.1) is 0 Å². The van der Waals surface area contributed by atoms with Crippen LogP contribution in [-0.2, 0) is 16.1 Å². The molecule has 7 heteroatoms. The molecule has 3 N–H and O–H groups in total. The molecule has 7 nitrogen and oxygen atoms in total. The van der Waals surface area contributed by atoms with Crippen molar-refractivity contribution in [1.29, 1.82) is 0 Å². The number of hydrogen-bond acceptors (Lipinski definition) is 3. The van der Waals surface area contributed by atoms with Gasteiger partial charge in [-0.25, -0.2) is 4.79 Å². The molecule has 1 atom stereocenters. The molecule has 1 fully saturated rings. The van der Waals surface area contributed by atoms with Gasteiger partial charge in [0.05, 0.1) is 6.54 Å². The monoisotopic (exact) mass is 376 g/mol. The summed E-state index contributed by atoms with van der Waals surface area (Å²) in [5.74, 6) is -0.496. The number of nitrogens with zero attached hydrogens (tertiary/aromatic N) is 1. The molecular formula is C21H20N4O3. The molecule has 0 radical (unpaired) electrons. The first-order valence-corrected chi connectivity index (χ1v) is 9.13. The lowest BCUT2D eigenvalue weighted by molar-refractivity contribution is -0.128. The zero-order chi connectivity index (χ0) is 19.5. The Kier molecular flexibility index (Phi) is 4.80. The summed E-state index contributed by atoms with van der Waals surface area (Å²) < 4.78 is 0. The molecule has 142 valence electrons. The van der Waals surface area contributed by atoms with E-state index in [-0.39, 0.29) is 31.2 Å². The Hall–Kier alpha value is -3.61. The Morgan fingerprint density at radius 2 is 1.89 bits per heavy atom. The molecule has 1 aliphatic heterocycles. The fourth-order valence-corrected chi connectivity index (χ4v) is 3.31. The molecule has 2 heterocycles. The zero-order valence-corrected chi connectivity index (χ0v) is 15.1. The summed E-state index contributed by atoms with van der Waals surface area (Å²) in [6.45, 7) is 0.227. The molecule has 4 rings (SSSR count). The van der Waals surface area contributed by atoms with Gasteiger partial charge in [-0.1, -0.05) is 36.4 Å². The summed E-state index contributed by atoms with van der Waals surface area (Å²) in [5, 5.41) is 6.56. The molecule has 1 aliphatic rings. The standard InChI is InChI=1S/C21H20N4O3/c26-19(23-16-7-6-15-10-11-22-18(15)12-16)9-8-17-20(27)25(21(28)24-17)13-14-4-2-1-3-5-14/h1-7,10-12,17,22H,8-9,13H2,(H,23,26)(H,24,28)/t17-/m1/s1. The Morgan fingerprint density at radius 3 is 2.71 bits per heavy atom. The predicted molar refractivity (Wildman–Crippen MR) is 105 cm³/mol. The van der Waals surface area contributed by atoms with E-state index in [1.54, 1.807) is 0 Å². The van der Waals surface area contributed by atoms with Gasteiger partial charge >= 0.3 is 6.03 Å². The third-order valence-electron chi connectivity index (χ3n) is 4.79. The molecule has 0 bridgehead atoms. The van der Waals surface area contributed by atoms with Crippen molar-refractivity contribution in [2.24, 2.45) is 0 Å². The minimum absolute atomic E-state index is 0.138. The number of carbonyl (C=O) groups excluding carboxylic acids is 3. The molecule has 28 heavy (non-hydrogen) atoms. The minimum Gasteiger partial charge on any atom is -0.361 e. The highest BCUT2D eigenvalue weighted by molar-refractivity contribution is 6.04. The number of rotatable bonds is 6. The maximum absolute atomic E-state index is 12.5. The van der Waals surface area contributed by atoms with Crippen LogP contribution in [0.15, 0.2) is 60.8 Å². The van der Waals surface area contributed by atoms with E-state index < -0.39 is 12.1 Å². The highest BCUT2D eigenvalue weighted by Crippen LogP contribution is 2.19. The second-order valence-corrected chi connectivity index (χ2v) is 6.78. The van der Waals surface area contributed by atoms with Crippen LogP contribution in [-0.4, -0.2) is 33.8 Å². The average Bonchev–Trinajstić information content (AvgIpc) is 3.26. The molecule has 0 unspecified atom stereocenters. The van der Waals surface area contributed by atoms with Crippen LogP contribution in [0.25, 0.3) is 10.9 Å². The van der Waals surface area contributed by atoms with Crippen molar-refractivity contribution in [3.05, 3.63) is 66.4 Å². The number of aromatic amines is 1. The van der Waals surface area contributed by atoms with Crippen LogP contribution in [0.1, 0.15) is 18.4 Å². The molecule has 1 aromatic heterocycles. The molecule has 0 saturated carbocycles. The first kappa shape index (κ1) is 17.8. The molecule has 0 spiro atoms. The average molecular weight is 376 g/mol. The fourth-order valence-electron chi connectivity index (χ4n) is 3.31. The van der Waals surface area contributed by atoms with E-state index >= 15 is 0 Å². The maximum Gasteiger partial charge on any atom is 0.325 e. The minimum atomic E-state index is -0.673. The molecule has 0 aliphatic carbocycles. The normalized spacial score (nSPS) is 16.4. The Balaban J connectivity index is 1.32. The van der Waals surface area contributed by atoms with Gasteiger partial charge in [-0.05, 0) is 35.6 Å². The summed E-state index contributed by atoms with van der Waals surface area (Å²) in [6, 6.07) is 15.8. The number of amides is 4. The van der Waals surface area contributed by atoms with Crippen molar-refractivity contribution >= 4 is 34.4 Å². The number of nitrogens with one attached hydrogen (secondary N) is 3. The van der Waals surface area contributed by atoms with Gasteiger partial charge in [0.25, 0.3) is 5.91 Å². The molecule has 1 saturated heterocycles. The summed E-state index contributed by atoms with van der Waals surface area (Å²) >= 11 is 0. The fraction of sp³-hybridized carbons (Fsp3) is 0.190. The van der Waals surface area contributed by atoms with E-state index in [9.17, 15) is 14.4 Å². The van der Waals surface area contributed by atoms with Crippen LogP contribution < -0.4 is 10.6 Å². The predicted octanol–water partition coefficient (Wildman–Crippen LogP) is 3.01. The summed E-state index contributed by atoms with van der Waals surface area (Å²) in [4.78, 5) is 41.2. The lowest BCUT2D eigenvalue weighted by Gasteiger charge is -2.13. The Labute approximate surface area is 161 Å². The molecular weight excluding hydrogens is 356 g/mol. The lowest BCUT2D eigenvalue weighted by Crippen LogP contribution is -2.31. The highest BCUT2D eigenvalue weighted by atomic mass is 16.2. The van der Waals surface area contributed by atoms with Crippen LogP contribution in [0.5, 0.6) is 0 Å². The van der Waals surface area contributed by atoms with E-state index in [1.165, 1.54) is 4.90 Å². The number of carbonyl (C=O) groups is 3. The number of anilines is 1. The summed E-state index contributed by atoms with van der Waals surface area (Å²) in [6.07, 6.45) is 2.23. The van der Waals surface area contributed by atoms with Crippen molar-refractivity contribution in [2.45, 2.75) is 25.4 Å². The Bertz CT molecular complexity index is 1030. The van der Waals surface area contributed by atoms with Gasteiger partial charge in [-0.2, -0.15) is 0 Å². The first-order valence-electron chi connectivity index (χ1n) is 9.13. The van der Waals surface area contributed by atoms with Gasteiger partial charge in [0.1, 0.15) is 6.04 Å². The van der Waals surface area contributed by atoms with E-state index in [0.29, 0.717) is 5.69 Å². The molecule has 3 aromatic rings. The van der Waals surface area contributed by atoms with Crippen molar-refractivity contribution in [3.63, 3.8) is 0 Å². The summed E-state index contributed by atoms with van der Waals surface area (Å²) in [7, 11) is 0. The van der Waals surface area contributed by atoms with Crippen LogP contribution >= 0.6 is 0 Å². The van der Waals surface area contributed by atoms with E-state index in [2.05, 4.69) is 15.6 Å². The van der Waals surface area contributed by atoms with Gasteiger partial charge in [-0.3, -0.25) is 14.5 Å². The van der Waals surface area contributed by atoms with E-state index in [4.69, 9.17) is 0 Å². The number of imide groups is 1. The largest absolute Gasteiger partial charge is 0.361 e. The van der Waals surface area contributed by atoms with Crippen LogP contribution in [0.3, 0.4) is 0 Å². The third-order valence-corrected chi connectivity index (χ3v) is 4.79. The van der Waals surface area contributed by atoms with E-state index in [1.807, 2.05) is 60.8 Å². The molecule has 2 aromatic carbocycles. The zero-order valence-electron chi connectivity index (χ0n) is 15.1. The van der Waals surface area contributed by atoms with Crippen molar-refractivity contribution in [3.8, 4) is 0 Å². The number of hydrogen-bond donors (Lipinski definition) is 3. The topological polar surface area (TPSA) is 94.3 Å². The number of aromatic nitrogens is 1. The number of urea groups is 1. The molecule has 4 amide bonds. The number of benzene rings is 2. The smallest absolute Gasteiger partial charge is 0.325 e. The second kappa shape index (κ2) is 7.56. The number of fused-ring (bicyclic) bond motifs is 1. The number of H-pyrrole nitrogens is 1. The van der Waals surface area contributed by atoms with Crippen LogP contribution in [0.2, 0.25) is 0 Å². The van der Waals surface area contributed by atoms with E-state index in [0.717, 1.165) is 16.5 Å². The SMILES string of the molecule is O=C(CC[C@H]1NC(=O)N(Cc2ccccc2)C1=O)Nc1ccc2cc[nH]c2c1. The van der Waals surface area contributed by atoms with Crippen molar-refractivity contribution < 1.29 is 14.4 Å². The highest BCUT2D eigenvalue weighted by Gasteiger charge is 2.37. The first-order chi connectivity index (χ1) is 13.6. The van der Waals surface area contributed by atoms with Gasteiger partial charge in [0, 0.05) is 23.8 Å². The van der Waals surface area contributed by atoms with Crippen molar-refractivity contribution in [1.82, 2.24) is 15.2 Å². The van der Waals surface area contributed by atoms with Crippen LogP contribution in [0.4, 0.5) is 10.5 Å². The Morgan fingerprint density at radius 1 is 1.07 bits per heavy atom. The maximum atomic E-state index is 12.5. The second-order valence-electron chi connectivity index (χ2n) is 6.78. The summed E-state index contributed by atoms with van der Waals surface area (Å²) in [5.41, 5.74) is 2.50. The van der Waals surface area contributed by atoms with Gasteiger partial charge in [0.15, 0.2) is 0 Å².